The number of aromatic nitrogens is 1. The molecule has 11 heteroatoms. The lowest BCUT2D eigenvalue weighted by Crippen LogP contribution is -2.10. The van der Waals surface area contributed by atoms with Crippen molar-refractivity contribution in [3.8, 4) is 5.75 Å². The van der Waals surface area contributed by atoms with E-state index in [9.17, 15) is 18.4 Å². The van der Waals surface area contributed by atoms with Crippen LogP contribution in [0.2, 0.25) is 0 Å². The maximum Gasteiger partial charge on any atom is 0.387 e. The third-order valence-electron chi connectivity index (χ3n) is 3.55. The van der Waals surface area contributed by atoms with E-state index in [0.29, 0.717) is 27.9 Å². The number of carboxylic acid groups (broad SMARTS) is 1. The van der Waals surface area contributed by atoms with Gasteiger partial charge >= 0.3 is 12.6 Å². The summed E-state index contributed by atoms with van der Waals surface area (Å²) in [5, 5.41) is 16.3. The van der Waals surface area contributed by atoms with Crippen molar-refractivity contribution in [2.75, 3.05) is 10.6 Å². The Hall–Kier alpha value is -3.05. The smallest absolute Gasteiger partial charge is 0.387 e. The van der Waals surface area contributed by atoms with Gasteiger partial charge in [0.25, 0.3) is 5.91 Å². The van der Waals surface area contributed by atoms with E-state index < -0.39 is 12.6 Å². The fourth-order valence-electron chi connectivity index (χ4n) is 2.35. The quantitative estimate of drug-likeness (QED) is 0.460. The van der Waals surface area contributed by atoms with E-state index in [1.165, 1.54) is 17.4 Å². The minimum Gasteiger partial charge on any atom is -0.481 e. The number of benzene rings is 1. The molecule has 3 N–H and O–H groups in total. The van der Waals surface area contributed by atoms with Crippen molar-refractivity contribution in [1.82, 2.24) is 4.98 Å². The first kappa shape index (κ1) is 20.7. The Morgan fingerprint density at radius 3 is 2.76 bits per heavy atom. The molecule has 0 saturated heterocycles. The molecule has 2 heterocycles. The highest BCUT2D eigenvalue weighted by Gasteiger charge is 2.14. The van der Waals surface area contributed by atoms with Gasteiger partial charge < -0.3 is 15.2 Å². The Bertz CT molecular complexity index is 1010. The van der Waals surface area contributed by atoms with Gasteiger partial charge in [0, 0.05) is 16.8 Å². The monoisotopic (exact) mass is 439 g/mol. The van der Waals surface area contributed by atoms with Crippen molar-refractivity contribution in [1.29, 1.82) is 0 Å². The number of aliphatic carboxylic acids is 1. The number of hydrogen-bond donors (Lipinski definition) is 3. The number of para-hydroxylation sites is 2. The van der Waals surface area contributed by atoms with Gasteiger partial charge in [-0.3, -0.25) is 14.9 Å². The van der Waals surface area contributed by atoms with E-state index in [1.54, 1.807) is 35.7 Å². The molecule has 1 amide bonds. The van der Waals surface area contributed by atoms with Gasteiger partial charge in [0.05, 0.1) is 22.7 Å². The van der Waals surface area contributed by atoms with Crippen LogP contribution in [0.5, 0.6) is 5.75 Å². The summed E-state index contributed by atoms with van der Waals surface area (Å²) in [5.41, 5.74) is 0.791. The average Bonchev–Trinajstić information content (AvgIpc) is 3.29. The molecule has 0 aliphatic carbocycles. The summed E-state index contributed by atoms with van der Waals surface area (Å²) in [5.74, 6) is -1.32. The number of anilines is 2. The second-order valence-electron chi connectivity index (χ2n) is 5.66. The summed E-state index contributed by atoms with van der Waals surface area (Å²) >= 11 is 2.38. The Balaban J connectivity index is 1.59. The van der Waals surface area contributed by atoms with E-state index in [-0.39, 0.29) is 18.1 Å². The number of nitrogens with zero attached hydrogens (tertiary/aromatic N) is 1. The number of carbonyl (C=O) groups is 2. The number of alkyl halides is 2. The fourth-order valence-corrected chi connectivity index (χ4v) is 3.90. The first-order valence-electron chi connectivity index (χ1n) is 8.24. The molecular formula is C18H15F2N3O4S2. The summed E-state index contributed by atoms with van der Waals surface area (Å²) in [4.78, 5) is 28.3. The topological polar surface area (TPSA) is 101 Å². The van der Waals surface area contributed by atoms with Crippen LogP contribution < -0.4 is 15.4 Å². The van der Waals surface area contributed by atoms with Crippen molar-refractivity contribution in [2.24, 2.45) is 0 Å². The lowest BCUT2D eigenvalue weighted by molar-refractivity contribution is -0.136. The summed E-state index contributed by atoms with van der Waals surface area (Å²) in [7, 11) is 0. The SMILES string of the molecule is O=C(O)Cc1csc(NC(=O)c2ccc(CNc3ccccc3OC(F)F)s2)n1. The highest BCUT2D eigenvalue weighted by molar-refractivity contribution is 7.15. The van der Waals surface area contributed by atoms with Gasteiger partial charge in [0.15, 0.2) is 5.13 Å². The van der Waals surface area contributed by atoms with Crippen LogP contribution in [0.4, 0.5) is 19.6 Å². The van der Waals surface area contributed by atoms with Crippen molar-refractivity contribution in [3.63, 3.8) is 0 Å². The van der Waals surface area contributed by atoms with Gasteiger partial charge in [-0.2, -0.15) is 8.78 Å². The van der Waals surface area contributed by atoms with E-state index in [2.05, 4.69) is 20.4 Å². The maximum absolute atomic E-state index is 12.5. The third-order valence-corrected chi connectivity index (χ3v) is 5.44. The predicted molar refractivity (Wildman–Crippen MR) is 106 cm³/mol. The maximum atomic E-state index is 12.5. The highest BCUT2D eigenvalue weighted by Crippen LogP contribution is 2.27. The minimum absolute atomic E-state index is 0.0398. The molecule has 29 heavy (non-hydrogen) atoms. The molecule has 0 radical (unpaired) electrons. The van der Waals surface area contributed by atoms with E-state index in [0.717, 1.165) is 16.2 Å². The van der Waals surface area contributed by atoms with Crippen LogP contribution in [-0.2, 0) is 17.8 Å². The molecule has 3 aromatic rings. The Labute approximate surface area is 172 Å². The van der Waals surface area contributed by atoms with E-state index in [1.807, 2.05) is 0 Å². The Kier molecular flexibility index (Phi) is 6.73. The zero-order valence-electron chi connectivity index (χ0n) is 14.7. The number of hydrogen-bond acceptors (Lipinski definition) is 7. The van der Waals surface area contributed by atoms with Crippen LogP contribution in [0, 0.1) is 0 Å². The molecule has 152 valence electrons. The Morgan fingerprint density at radius 1 is 1.21 bits per heavy atom. The van der Waals surface area contributed by atoms with Gasteiger partial charge in [0.2, 0.25) is 0 Å². The van der Waals surface area contributed by atoms with Crippen molar-refractivity contribution in [3.05, 3.63) is 57.2 Å². The molecule has 0 fully saturated rings. The zero-order chi connectivity index (χ0) is 20.8. The molecule has 0 bridgehead atoms. The second-order valence-corrected chi connectivity index (χ2v) is 7.69. The lowest BCUT2D eigenvalue weighted by Gasteiger charge is -2.11. The third kappa shape index (κ3) is 5.96. The van der Waals surface area contributed by atoms with Crippen LogP contribution in [0.1, 0.15) is 20.2 Å². The molecule has 0 atom stereocenters. The number of ether oxygens (including phenoxy) is 1. The second kappa shape index (κ2) is 9.43. The number of thiazole rings is 1. The highest BCUT2D eigenvalue weighted by atomic mass is 32.1. The van der Waals surface area contributed by atoms with Crippen LogP contribution >= 0.6 is 22.7 Å². The number of thiophene rings is 1. The van der Waals surface area contributed by atoms with Crippen molar-refractivity contribution in [2.45, 2.75) is 19.6 Å². The number of nitrogens with one attached hydrogen (secondary N) is 2. The lowest BCUT2D eigenvalue weighted by atomic mass is 10.3. The molecular weight excluding hydrogens is 424 g/mol. The summed E-state index contributed by atoms with van der Waals surface area (Å²) in [6.07, 6.45) is -0.210. The molecule has 0 spiro atoms. The number of carbonyl (C=O) groups excluding carboxylic acids is 1. The number of amides is 1. The summed E-state index contributed by atoms with van der Waals surface area (Å²) in [6, 6.07) is 9.74. The first-order chi connectivity index (χ1) is 13.9. The molecule has 0 unspecified atom stereocenters. The van der Waals surface area contributed by atoms with Gasteiger partial charge in [-0.25, -0.2) is 4.98 Å². The fraction of sp³-hybridized carbons (Fsp3) is 0.167. The number of rotatable bonds is 9. The van der Waals surface area contributed by atoms with Gasteiger partial charge in [-0.05, 0) is 24.3 Å². The normalized spacial score (nSPS) is 10.7. The summed E-state index contributed by atoms with van der Waals surface area (Å²) in [6.45, 7) is -2.60. The molecule has 1 aromatic carbocycles. The molecule has 2 aromatic heterocycles. The number of carboxylic acids is 1. The molecule has 0 saturated carbocycles. The Morgan fingerprint density at radius 2 is 2.00 bits per heavy atom. The van der Waals surface area contributed by atoms with Crippen LogP contribution in [0.25, 0.3) is 0 Å². The number of halogens is 2. The van der Waals surface area contributed by atoms with Gasteiger partial charge in [-0.15, -0.1) is 22.7 Å². The molecule has 0 aliphatic rings. The van der Waals surface area contributed by atoms with Gasteiger partial charge in [0.1, 0.15) is 5.75 Å². The van der Waals surface area contributed by atoms with Crippen LogP contribution in [0.15, 0.2) is 41.8 Å². The molecule has 3 rings (SSSR count). The van der Waals surface area contributed by atoms with Crippen LogP contribution in [0.3, 0.4) is 0 Å². The molecule has 0 aliphatic heterocycles. The summed E-state index contributed by atoms with van der Waals surface area (Å²) < 4.78 is 29.4. The van der Waals surface area contributed by atoms with Gasteiger partial charge in [-0.1, -0.05) is 12.1 Å². The zero-order valence-corrected chi connectivity index (χ0v) is 16.4. The van der Waals surface area contributed by atoms with Crippen LogP contribution in [-0.4, -0.2) is 28.6 Å². The van der Waals surface area contributed by atoms with Crippen molar-refractivity contribution >= 4 is 45.4 Å². The van der Waals surface area contributed by atoms with E-state index in [4.69, 9.17) is 5.11 Å². The minimum atomic E-state index is -2.92. The first-order valence-corrected chi connectivity index (χ1v) is 9.94. The van der Waals surface area contributed by atoms with Crippen molar-refractivity contribution < 1.29 is 28.2 Å². The largest absolute Gasteiger partial charge is 0.481 e. The standard InChI is InChI=1S/C18H15F2N3O4S2/c19-17(20)27-13-4-2-1-3-12(13)21-8-11-5-6-14(29-11)16(26)23-18-22-10(9-28-18)7-15(24)25/h1-6,9,17,21H,7-8H2,(H,24,25)(H,22,23,26). The molecule has 7 nitrogen and oxygen atoms in total. The van der Waals surface area contributed by atoms with E-state index >= 15 is 0 Å². The average molecular weight is 439 g/mol. The predicted octanol–water partition coefficient (Wildman–Crippen LogP) is 4.30.